The summed E-state index contributed by atoms with van der Waals surface area (Å²) in [5.74, 6) is -0.201. The summed E-state index contributed by atoms with van der Waals surface area (Å²) in [4.78, 5) is 7.42. The molecule has 0 saturated heterocycles. The molecule has 0 spiro atoms. The minimum Gasteiger partial charge on any atom is -0.346 e. The molecule has 2 N–H and O–H groups in total. The van der Waals surface area contributed by atoms with E-state index >= 15 is 0 Å². The fourth-order valence-electron chi connectivity index (χ4n) is 2.32. The van der Waals surface area contributed by atoms with Gasteiger partial charge in [0, 0.05) is 30.4 Å². The molecule has 4 heteroatoms. The quantitative estimate of drug-likeness (QED) is 0.760. The smallest absolute Gasteiger partial charge is 0.137 e. The molecule has 0 bridgehead atoms. The van der Waals surface area contributed by atoms with Crippen molar-refractivity contribution in [2.75, 3.05) is 0 Å². The highest BCUT2D eigenvalue weighted by molar-refractivity contribution is 5.79. The van der Waals surface area contributed by atoms with Gasteiger partial charge in [0.25, 0.3) is 0 Å². The predicted octanol–water partition coefficient (Wildman–Crippen LogP) is 3.55. The minimum atomic E-state index is -0.201. The third kappa shape index (κ3) is 2.56. The van der Waals surface area contributed by atoms with E-state index in [0.29, 0.717) is 6.54 Å². The zero-order chi connectivity index (χ0) is 13.9. The van der Waals surface area contributed by atoms with E-state index in [1.807, 2.05) is 31.3 Å². The Hall–Kier alpha value is -2.20. The number of aromatic amines is 1. The Morgan fingerprint density at radius 2 is 2.20 bits per heavy atom. The van der Waals surface area contributed by atoms with Crippen molar-refractivity contribution in [3.05, 3.63) is 65.7 Å². The molecule has 1 unspecified atom stereocenters. The average molecular weight is 269 g/mol. The Bertz CT molecular complexity index is 720. The van der Waals surface area contributed by atoms with E-state index in [1.54, 1.807) is 18.3 Å². The van der Waals surface area contributed by atoms with E-state index in [1.165, 1.54) is 6.07 Å². The second-order valence-corrected chi connectivity index (χ2v) is 4.87. The Labute approximate surface area is 116 Å². The molecule has 2 aromatic heterocycles. The van der Waals surface area contributed by atoms with Crippen LogP contribution in [0.3, 0.4) is 0 Å². The fourth-order valence-corrected chi connectivity index (χ4v) is 2.32. The van der Waals surface area contributed by atoms with Gasteiger partial charge < -0.3 is 10.3 Å². The normalized spacial score (nSPS) is 12.7. The lowest BCUT2D eigenvalue weighted by atomic mass is 10.1. The molecule has 20 heavy (non-hydrogen) atoms. The molecule has 1 atom stereocenters. The first-order valence-corrected chi connectivity index (χ1v) is 6.64. The number of halogens is 1. The topological polar surface area (TPSA) is 40.7 Å². The molecule has 0 aliphatic carbocycles. The van der Waals surface area contributed by atoms with Crippen molar-refractivity contribution in [3.8, 4) is 0 Å². The molecule has 2 heterocycles. The zero-order valence-electron chi connectivity index (χ0n) is 11.2. The average Bonchev–Trinajstić information content (AvgIpc) is 2.88. The Morgan fingerprint density at radius 1 is 1.30 bits per heavy atom. The maximum Gasteiger partial charge on any atom is 0.137 e. The number of hydrogen-bond donors (Lipinski definition) is 2. The molecule has 0 radical (unpaired) electrons. The largest absolute Gasteiger partial charge is 0.346 e. The third-order valence-corrected chi connectivity index (χ3v) is 3.48. The number of nitrogens with zero attached hydrogens (tertiary/aromatic N) is 1. The number of rotatable bonds is 4. The Morgan fingerprint density at radius 3 is 3.05 bits per heavy atom. The van der Waals surface area contributed by atoms with Crippen LogP contribution in [0.2, 0.25) is 0 Å². The molecular weight excluding hydrogens is 253 g/mol. The van der Waals surface area contributed by atoms with Gasteiger partial charge in [-0.25, -0.2) is 9.37 Å². The summed E-state index contributed by atoms with van der Waals surface area (Å²) in [6.45, 7) is 2.74. The van der Waals surface area contributed by atoms with Gasteiger partial charge in [0.15, 0.2) is 0 Å². The summed E-state index contributed by atoms with van der Waals surface area (Å²) in [6.07, 6.45) is 3.73. The molecule has 3 rings (SSSR count). The van der Waals surface area contributed by atoms with Crippen LogP contribution >= 0.6 is 0 Å². The first-order valence-electron chi connectivity index (χ1n) is 6.64. The number of hydrogen-bond acceptors (Lipinski definition) is 2. The second kappa shape index (κ2) is 5.43. The van der Waals surface area contributed by atoms with Gasteiger partial charge in [0.1, 0.15) is 11.5 Å². The van der Waals surface area contributed by atoms with Crippen molar-refractivity contribution in [2.45, 2.75) is 19.5 Å². The first kappa shape index (κ1) is 12.8. The van der Waals surface area contributed by atoms with E-state index in [4.69, 9.17) is 0 Å². The van der Waals surface area contributed by atoms with Gasteiger partial charge in [0.2, 0.25) is 0 Å². The van der Waals surface area contributed by atoms with Crippen LogP contribution in [0.25, 0.3) is 11.0 Å². The van der Waals surface area contributed by atoms with Gasteiger partial charge in [-0.3, -0.25) is 0 Å². The molecular formula is C16H16FN3. The molecule has 0 saturated carbocycles. The van der Waals surface area contributed by atoms with Crippen molar-refractivity contribution in [2.24, 2.45) is 0 Å². The second-order valence-electron chi connectivity index (χ2n) is 4.87. The van der Waals surface area contributed by atoms with Crippen LogP contribution in [0.1, 0.15) is 24.1 Å². The molecule has 3 aromatic rings. The standard InChI is InChI=1S/C16H16FN3/c1-11(12-4-2-5-14(17)8-12)19-9-13-10-20-16-15(13)6-3-7-18-16/h2-8,10-11,19H,9H2,1H3,(H,18,20). The minimum absolute atomic E-state index is 0.0901. The van der Waals surface area contributed by atoms with Gasteiger partial charge in [0.05, 0.1) is 0 Å². The van der Waals surface area contributed by atoms with Crippen LogP contribution in [-0.4, -0.2) is 9.97 Å². The summed E-state index contributed by atoms with van der Waals surface area (Å²) < 4.78 is 13.2. The maximum absolute atomic E-state index is 13.2. The van der Waals surface area contributed by atoms with E-state index in [9.17, 15) is 4.39 Å². The Kier molecular flexibility index (Phi) is 3.48. The first-order chi connectivity index (χ1) is 9.74. The fraction of sp³-hybridized carbons (Fsp3) is 0.188. The van der Waals surface area contributed by atoms with Gasteiger partial charge in [-0.2, -0.15) is 0 Å². The third-order valence-electron chi connectivity index (χ3n) is 3.48. The van der Waals surface area contributed by atoms with Gasteiger partial charge >= 0.3 is 0 Å². The number of pyridine rings is 1. The lowest BCUT2D eigenvalue weighted by Crippen LogP contribution is -2.18. The van der Waals surface area contributed by atoms with Crippen LogP contribution < -0.4 is 5.32 Å². The molecule has 0 aliphatic rings. The van der Waals surface area contributed by atoms with Crippen LogP contribution in [0.5, 0.6) is 0 Å². The summed E-state index contributed by atoms with van der Waals surface area (Å²) in [5, 5.41) is 4.52. The van der Waals surface area contributed by atoms with Crippen molar-refractivity contribution in [1.29, 1.82) is 0 Å². The van der Waals surface area contributed by atoms with E-state index in [0.717, 1.165) is 22.2 Å². The molecule has 102 valence electrons. The van der Waals surface area contributed by atoms with Crippen molar-refractivity contribution in [3.63, 3.8) is 0 Å². The Balaban J connectivity index is 1.73. The number of H-pyrrole nitrogens is 1. The molecule has 0 fully saturated rings. The van der Waals surface area contributed by atoms with Crippen LogP contribution in [0, 0.1) is 5.82 Å². The van der Waals surface area contributed by atoms with Gasteiger partial charge in [-0.1, -0.05) is 12.1 Å². The highest BCUT2D eigenvalue weighted by Gasteiger charge is 2.08. The zero-order valence-corrected chi connectivity index (χ0v) is 11.2. The predicted molar refractivity (Wildman–Crippen MR) is 77.7 cm³/mol. The summed E-state index contributed by atoms with van der Waals surface area (Å²) in [5.41, 5.74) is 3.00. The van der Waals surface area contributed by atoms with Crippen LogP contribution in [0.15, 0.2) is 48.8 Å². The highest BCUT2D eigenvalue weighted by atomic mass is 19.1. The van der Waals surface area contributed by atoms with Gasteiger partial charge in [-0.05, 0) is 42.3 Å². The number of nitrogens with one attached hydrogen (secondary N) is 2. The molecule has 0 amide bonds. The lowest BCUT2D eigenvalue weighted by molar-refractivity contribution is 0.566. The van der Waals surface area contributed by atoms with Crippen molar-refractivity contribution >= 4 is 11.0 Å². The van der Waals surface area contributed by atoms with Crippen LogP contribution in [0.4, 0.5) is 4.39 Å². The number of aromatic nitrogens is 2. The highest BCUT2D eigenvalue weighted by Crippen LogP contribution is 2.18. The van der Waals surface area contributed by atoms with E-state index in [2.05, 4.69) is 15.3 Å². The summed E-state index contributed by atoms with van der Waals surface area (Å²) >= 11 is 0. The molecule has 3 nitrogen and oxygen atoms in total. The molecule has 0 aliphatic heterocycles. The summed E-state index contributed by atoms with van der Waals surface area (Å²) in [6, 6.07) is 10.7. The lowest BCUT2D eigenvalue weighted by Gasteiger charge is -2.14. The van der Waals surface area contributed by atoms with Crippen LogP contribution in [-0.2, 0) is 6.54 Å². The van der Waals surface area contributed by atoms with E-state index < -0.39 is 0 Å². The van der Waals surface area contributed by atoms with Crippen molar-refractivity contribution < 1.29 is 4.39 Å². The summed E-state index contributed by atoms with van der Waals surface area (Å²) in [7, 11) is 0. The molecule has 1 aromatic carbocycles. The van der Waals surface area contributed by atoms with Crippen molar-refractivity contribution in [1.82, 2.24) is 15.3 Å². The maximum atomic E-state index is 13.2. The van der Waals surface area contributed by atoms with Gasteiger partial charge in [-0.15, -0.1) is 0 Å². The van der Waals surface area contributed by atoms with E-state index in [-0.39, 0.29) is 11.9 Å². The number of fused-ring (bicyclic) bond motifs is 1. The SMILES string of the molecule is CC(NCc1c[nH]c2ncccc12)c1cccc(F)c1. The number of benzene rings is 1. The monoisotopic (exact) mass is 269 g/mol.